The van der Waals surface area contributed by atoms with Crippen LogP contribution in [0.2, 0.25) is 0 Å². The van der Waals surface area contributed by atoms with Gasteiger partial charge >= 0.3 is 0 Å². The molecule has 1 heterocycles. The van der Waals surface area contributed by atoms with E-state index in [1.54, 1.807) is 9.98 Å². The Morgan fingerprint density at radius 2 is 2.06 bits per heavy atom. The molecule has 0 aliphatic heterocycles. The zero-order valence-corrected chi connectivity index (χ0v) is 11.1. The van der Waals surface area contributed by atoms with Crippen molar-refractivity contribution in [2.45, 2.75) is 6.92 Å². The Morgan fingerprint density at radius 1 is 1.44 bits per heavy atom. The number of nitriles is 2. The summed E-state index contributed by atoms with van der Waals surface area (Å²) in [6.45, 7) is 1.99. The highest BCUT2D eigenvalue weighted by Crippen LogP contribution is 2.05. The standard InChI is InChI=1S/C11H10N3S.BrH/c1-10-2-5-14(6-3-10)11(8-13)9-15-7-4-12;/h2-3,5-6,9H,7H2,1H3;1H/q+1;/p-1/b11-9-;. The summed E-state index contributed by atoms with van der Waals surface area (Å²) in [6, 6.07) is 7.96. The molecule has 0 aromatic carbocycles. The fourth-order valence-corrected chi connectivity index (χ4v) is 1.45. The van der Waals surface area contributed by atoms with Gasteiger partial charge in [-0.3, -0.25) is 0 Å². The Hall–Kier alpha value is -1.30. The van der Waals surface area contributed by atoms with Gasteiger partial charge in [-0.15, -0.1) is 11.8 Å². The lowest BCUT2D eigenvalue weighted by molar-refractivity contribution is -0.577. The summed E-state index contributed by atoms with van der Waals surface area (Å²) in [5.74, 6) is 0.359. The van der Waals surface area contributed by atoms with E-state index in [9.17, 15) is 0 Å². The molecule has 0 atom stereocenters. The van der Waals surface area contributed by atoms with Crippen LogP contribution in [0.5, 0.6) is 0 Å². The maximum Gasteiger partial charge on any atom is 0.295 e. The fourth-order valence-electron chi connectivity index (χ4n) is 0.964. The number of thioether (sulfide) groups is 1. The first-order valence-corrected chi connectivity index (χ1v) is 5.40. The first kappa shape index (κ1) is 14.7. The molecule has 0 radical (unpaired) electrons. The van der Waals surface area contributed by atoms with Crippen LogP contribution in [0, 0.1) is 29.6 Å². The highest BCUT2D eigenvalue weighted by molar-refractivity contribution is 8.02. The van der Waals surface area contributed by atoms with Crippen molar-refractivity contribution < 1.29 is 21.5 Å². The number of rotatable bonds is 3. The van der Waals surface area contributed by atoms with E-state index in [1.807, 2.05) is 37.5 Å². The normalized spacial score (nSPS) is 9.81. The van der Waals surface area contributed by atoms with E-state index in [1.165, 1.54) is 11.8 Å². The Kier molecular flexibility index (Phi) is 7.28. The second kappa shape index (κ2) is 7.92. The minimum atomic E-state index is 0. The van der Waals surface area contributed by atoms with Gasteiger partial charge in [-0.05, 0) is 12.5 Å². The molecule has 0 saturated heterocycles. The Morgan fingerprint density at radius 3 is 2.56 bits per heavy atom. The zero-order chi connectivity index (χ0) is 11.1. The van der Waals surface area contributed by atoms with Crippen molar-refractivity contribution in [2.24, 2.45) is 0 Å². The molecular formula is C11H10BrN3S. The number of halogens is 1. The molecule has 0 N–H and O–H groups in total. The van der Waals surface area contributed by atoms with Gasteiger partial charge in [0.15, 0.2) is 18.5 Å². The molecule has 0 amide bonds. The lowest BCUT2D eigenvalue weighted by Crippen LogP contribution is -3.00. The molecule has 82 valence electrons. The molecule has 0 bridgehead atoms. The van der Waals surface area contributed by atoms with Crippen molar-refractivity contribution in [2.75, 3.05) is 5.75 Å². The first-order valence-electron chi connectivity index (χ1n) is 4.35. The highest BCUT2D eigenvalue weighted by Gasteiger charge is 2.07. The van der Waals surface area contributed by atoms with Crippen LogP contribution >= 0.6 is 11.8 Å². The minimum Gasteiger partial charge on any atom is -1.00 e. The van der Waals surface area contributed by atoms with Crippen LogP contribution in [0.15, 0.2) is 29.9 Å². The predicted octanol–water partition coefficient (Wildman–Crippen LogP) is -1.13. The zero-order valence-electron chi connectivity index (χ0n) is 8.72. The van der Waals surface area contributed by atoms with Gasteiger partial charge in [0, 0.05) is 12.1 Å². The van der Waals surface area contributed by atoms with Crippen LogP contribution in [0.25, 0.3) is 5.70 Å². The second-order valence-corrected chi connectivity index (χ2v) is 3.72. The number of allylic oxidation sites excluding steroid dienone is 1. The van der Waals surface area contributed by atoms with Gasteiger partial charge in [0.25, 0.3) is 5.70 Å². The van der Waals surface area contributed by atoms with Crippen molar-refractivity contribution >= 4 is 17.5 Å². The van der Waals surface area contributed by atoms with Gasteiger partial charge in [-0.25, -0.2) is 0 Å². The molecule has 1 aromatic rings. The molecule has 0 aliphatic rings. The SMILES string of the molecule is Cc1cc[n+](/C(C#N)=C\SCC#N)cc1.[Br-]. The quantitative estimate of drug-likeness (QED) is 0.403. The van der Waals surface area contributed by atoms with E-state index in [0.717, 1.165) is 5.56 Å². The Balaban J connectivity index is 0.00000225. The van der Waals surface area contributed by atoms with Crippen LogP contribution in [-0.4, -0.2) is 5.75 Å². The molecule has 1 aromatic heterocycles. The lowest BCUT2D eigenvalue weighted by atomic mass is 10.3. The van der Waals surface area contributed by atoms with E-state index in [4.69, 9.17) is 10.5 Å². The monoisotopic (exact) mass is 295 g/mol. The highest BCUT2D eigenvalue weighted by atomic mass is 79.9. The van der Waals surface area contributed by atoms with Crippen LogP contribution in [0.3, 0.4) is 0 Å². The van der Waals surface area contributed by atoms with Crippen LogP contribution in [-0.2, 0) is 0 Å². The Bertz CT molecular complexity index is 440. The topological polar surface area (TPSA) is 51.5 Å². The number of aryl methyl sites for hydroxylation is 1. The molecular weight excluding hydrogens is 286 g/mol. The predicted molar refractivity (Wildman–Crippen MR) is 59.3 cm³/mol. The average molecular weight is 296 g/mol. The number of aromatic nitrogens is 1. The molecule has 0 unspecified atom stereocenters. The molecule has 0 saturated carbocycles. The maximum atomic E-state index is 8.91. The summed E-state index contributed by atoms with van der Waals surface area (Å²) in [6.07, 6.45) is 3.66. The van der Waals surface area contributed by atoms with E-state index in [-0.39, 0.29) is 17.0 Å². The van der Waals surface area contributed by atoms with Crippen molar-refractivity contribution in [3.05, 3.63) is 35.5 Å². The van der Waals surface area contributed by atoms with E-state index in [2.05, 4.69) is 6.07 Å². The third-order valence-corrected chi connectivity index (χ3v) is 2.42. The van der Waals surface area contributed by atoms with Crippen LogP contribution < -0.4 is 21.5 Å². The van der Waals surface area contributed by atoms with Gasteiger partial charge in [0.1, 0.15) is 0 Å². The number of nitrogens with zero attached hydrogens (tertiary/aromatic N) is 3. The molecule has 0 spiro atoms. The molecule has 16 heavy (non-hydrogen) atoms. The van der Waals surface area contributed by atoms with Gasteiger partial charge in [-0.1, -0.05) is 0 Å². The Labute approximate surface area is 110 Å². The number of hydrogen-bond donors (Lipinski definition) is 0. The first-order chi connectivity index (χ1) is 7.27. The van der Waals surface area contributed by atoms with Crippen LogP contribution in [0.1, 0.15) is 5.56 Å². The van der Waals surface area contributed by atoms with Gasteiger partial charge in [0.2, 0.25) is 0 Å². The summed E-state index contributed by atoms with van der Waals surface area (Å²) in [5, 5.41) is 19.0. The third-order valence-electron chi connectivity index (χ3n) is 1.73. The van der Waals surface area contributed by atoms with Gasteiger partial charge in [-0.2, -0.15) is 15.1 Å². The molecule has 0 fully saturated rings. The van der Waals surface area contributed by atoms with Crippen molar-refractivity contribution in [1.29, 1.82) is 10.5 Å². The average Bonchev–Trinajstić information content (AvgIpc) is 2.26. The van der Waals surface area contributed by atoms with Crippen molar-refractivity contribution in [3.8, 4) is 12.1 Å². The van der Waals surface area contributed by atoms with E-state index in [0.29, 0.717) is 11.4 Å². The molecule has 1 rings (SSSR count). The minimum absolute atomic E-state index is 0. The summed E-state index contributed by atoms with van der Waals surface area (Å²) in [5.41, 5.74) is 1.67. The van der Waals surface area contributed by atoms with Gasteiger partial charge < -0.3 is 17.0 Å². The maximum absolute atomic E-state index is 8.91. The summed E-state index contributed by atoms with van der Waals surface area (Å²) >= 11 is 1.32. The third kappa shape index (κ3) is 4.48. The lowest BCUT2D eigenvalue weighted by Gasteiger charge is -1.92. The van der Waals surface area contributed by atoms with Gasteiger partial charge in [0.05, 0.1) is 17.2 Å². The van der Waals surface area contributed by atoms with Crippen LogP contribution in [0.4, 0.5) is 0 Å². The molecule has 5 heteroatoms. The van der Waals surface area contributed by atoms with Crippen molar-refractivity contribution in [1.82, 2.24) is 0 Å². The molecule has 0 aliphatic carbocycles. The fraction of sp³-hybridized carbons (Fsp3) is 0.182. The largest absolute Gasteiger partial charge is 1.00 e. The smallest absolute Gasteiger partial charge is 0.295 e. The number of hydrogen-bond acceptors (Lipinski definition) is 3. The summed E-state index contributed by atoms with van der Waals surface area (Å²) in [7, 11) is 0. The summed E-state index contributed by atoms with van der Waals surface area (Å²) < 4.78 is 1.73. The summed E-state index contributed by atoms with van der Waals surface area (Å²) in [4.78, 5) is 0. The van der Waals surface area contributed by atoms with Crippen molar-refractivity contribution in [3.63, 3.8) is 0 Å². The van der Waals surface area contributed by atoms with E-state index >= 15 is 0 Å². The van der Waals surface area contributed by atoms with E-state index < -0.39 is 0 Å². The number of pyridine rings is 1. The molecule has 3 nitrogen and oxygen atoms in total. The second-order valence-electron chi connectivity index (χ2n) is 2.87.